The van der Waals surface area contributed by atoms with Gasteiger partial charge in [-0.15, -0.1) is 0 Å². The molecule has 0 fully saturated rings. The van der Waals surface area contributed by atoms with Gasteiger partial charge in [-0.1, -0.05) is 6.07 Å². The maximum Gasteiger partial charge on any atom is 0.165 e. The Bertz CT molecular complexity index is 407. The molecule has 0 aliphatic rings. The molecule has 108 valence electrons. The number of rotatable bonds is 7. The first-order valence-electron chi connectivity index (χ1n) is 6.58. The molecule has 4 heteroatoms. The summed E-state index contributed by atoms with van der Waals surface area (Å²) in [5, 5.41) is 3.24. The summed E-state index contributed by atoms with van der Waals surface area (Å²) < 4.78 is 24.3. The van der Waals surface area contributed by atoms with Crippen molar-refractivity contribution in [1.82, 2.24) is 5.32 Å². The van der Waals surface area contributed by atoms with E-state index in [9.17, 15) is 4.39 Å². The molecule has 0 bridgehead atoms. The fourth-order valence-electron chi connectivity index (χ4n) is 2.24. The summed E-state index contributed by atoms with van der Waals surface area (Å²) in [5.74, 6) is -0.0575. The van der Waals surface area contributed by atoms with Crippen molar-refractivity contribution in [2.24, 2.45) is 0 Å². The summed E-state index contributed by atoms with van der Waals surface area (Å²) in [4.78, 5) is 0. The fourth-order valence-corrected chi connectivity index (χ4v) is 2.24. The van der Waals surface area contributed by atoms with Crippen molar-refractivity contribution in [3.05, 3.63) is 29.6 Å². The average molecular weight is 269 g/mol. The maximum atomic E-state index is 13.7. The Labute approximate surface area is 115 Å². The molecular formula is C15H24FNO2. The zero-order chi connectivity index (χ0) is 14.5. The van der Waals surface area contributed by atoms with Crippen molar-refractivity contribution >= 4 is 0 Å². The van der Waals surface area contributed by atoms with E-state index in [1.54, 1.807) is 6.07 Å². The number of halogens is 1. The molecule has 1 aromatic carbocycles. The molecular weight excluding hydrogens is 245 g/mol. The first-order chi connectivity index (χ1) is 8.94. The molecule has 0 spiro atoms. The quantitative estimate of drug-likeness (QED) is 0.825. The Hall–Kier alpha value is -1.13. The summed E-state index contributed by atoms with van der Waals surface area (Å²) in [6.45, 7) is 6.71. The zero-order valence-electron chi connectivity index (χ0n) is 12.4. The summed E-state index contributed by atoms with van der Waals surface area (Å²) in [6.07, 6.45) is 0.699. The molecule has 0 heterocycles. The topological polar surface area (TPSA) is 30.5 Å². The van der Waals surface area contributed by atoms with Gasteiger partial charge in [0.25, 0.3) is 0 Å². The molecule has 1 aromatic rings. The van der Waals surface area contributed by atoms with Gasteiger partial charge >= 0.3 is 0 Å². The minimum absolute atomic E-state index is 0.111. The van der Waals surface area contributed by atoms with Gasteiger partial charge in [-0.2, -0.15) is 0 Å². The van der Waals surface area contributed by atoms with Crippen LogP contribution in [-0.4, -0.2) is 32.4 Å². The summed E-state index contributed by atoms with van der Waals surface area (Å²) in [6, 6.07) is 5.17. The van der Waals surface area contributed by atoms with E-state index in [0.717, 1.165) is 5.56 Å². The SMILES string of the molecule is CCOC(C)(C)C(Cc1ccc(OC)c(F)c1)NC. The number of methoxy groups -OCH3 is 1. The van der Waals surface area contributed by atoms with Crippen molar-refractivity contribution in [2.75, 3.05) is 20.8 Å². The van der Waals surface area contributed by atoms with Crippen LogP contribution in [0.3, 0.4) is 0 Å². The lowest BCUT2D eigenvalue weighted by atomic mass is 9.92. The van der Waals surface area contributed by atoms with Crippen molar-refractivity contribution in [1.29, 1.82) is 0 Å². The van der Waals surface area contributed by atoms with E-state index in [4.69, 9.17) is 9.47 Å². The van der Waals surface area contributed by atoms with Crippen LogP contribution >= 0.6 is 0 Å². The zero-order valence-corrected chi connectivity index (χ0v) is 12.4. The van der Waals surface area contributed by atoms with Gasteiger partial charge in [0.1, 0.15) is 0 Å². The van der Waals surface area contributed by atoms with Gasteiger partial charge in [-0.3, -0.25) is 0 Å². The standard InChI is InChI=1S/C15H24FNO2/c1-6-19-15(2,3)14(17-4)10-11-7-8-13(18-5)12(16)9-11/h7-9,14,17H,6,10H2,1-5H3. The monoisotopic (exact) mass is 269 g/mol. The van der Waals surface area contributed by atoms with E-state index in [1.807, 2.05) is 33.9 Å². The predicted molar refractivity (Wildman–Crippen MR) is 75.2 cm³/mol. The summed E-state index contributed by atoms with van der Waals surface area (Å²) >= 11 is 0. The Kier molecular flexibility index (Phi) is 5.76. The van der Waals surface area contributed by atoms with Crippen LogP contribution in [-0.2, 0) is 11.2 Å². The number of hydrogen-bond acceptors (Lipinski definition) is 3. The molecule has 19 heavy (non-hydrogen) atoms. The van der Waals surface area contributed by atoms with Crippen molar-refractivity contribution in [2.45, 2.75) is 38.8 Å². The van der Waals surface area contributed by atoms with Gasteiger partial charge in [0, 0.05) is 12.6 Å². The Morgan fingerprint density at radius 1 is 1.37 bits per heavy atom. The predicted octanol–water partition coefficient (Wildman–Crippen LogP) is 2.78. The molecule has 1 atom stereocenters. The number of nitrogens with one attached hydrogen (secondary N) is 1. The van der Waals surface area contributed by atoms with Gasteiger partial charge in [-0.25, -0.2) is 4.39 Å². The third-order valence-corrected chi connectivity index (χ3v) is 3.36. The summed E-state index contributed by atoms with van der Waals surface area (Å²) in [7, 11) is 3.36. The van der Waals surface area contributed by atoms with E-state index in [-0.39, 0.29) is 23.2 Å². The second-order valence-electron chi connectivity index (χ2n) is 5.05. The Morgan fingerprint density at radius 3 is 2.53 bits per heavy atom. The van der Waals surface area contributed by atoms with Crippen LogP contribution in [0.2, 0.25) is 0 Å². The minimum atomic E-state index is -0.330. The Balaban J connectivity index is 2.84. The first kappa shape index (κ1) is 15.9. The van der Waals surface area contributed by atoms with E-state index in [0.29, 0.717) is 13.0 Å². The Morgan fingerprint density at radius 2 is 2.05 bits per heavy atom. The molecule has 3 nitrogen and oxygen atoms in total. The molecule has 0 aromatic heterocycles. The second-order valence-corrected chi connectivity index (χ2v) is 5.05. The van der Waals surface area contributed by atoms with Gasteiger partial charge < -0.3 is 14.8 Å². The highest BCUT2D eigenvalue weighted by atomic mass is 19.1. The van der Waals surface area contributed by atoms with Crippen LogP contribution in [0.1, 0.15) is 26.3 Å². The third kappa shape index (κ3) is 4.18. The largest absolute Gasteiger partial charge is 0.494 e. The molecule has 0 saturated carbocycles. The molecule has 1 N–H and O–H groups in total. The van der Waals surface area contributed by atoms with Crippen molar-refractivity contribution in [3.63, 3.8) is 0 Å². The number of hydrogen-bond donors (Lipinski definition) is 1. The smallest absolute Gasteiger partial charge is 0.165 e. The van der Waals surface area contributed by atoms with E-state index >= 15 is 0 Å². The fraction of sp³-hybridized carbons (Fsp3) is 0.600. The van der Waals surface area contributed by atoms with Crippen LogP contribution in [0.5, 0.6) is 5.75 Å². The van der Waals surface area contributed by atoms with Gasteiger partial charge in [0.2, 0.25) is 0 Å². The van der Waals surface area contributed by atoms with Crippen LogP contribution in [0.25, 0.3) is 0 Å². The minimum Gasteiger partial charge on any atom is -0.494 e. The number of ether oxygens (including phenoxy) is 2. The van der Waals surface area contributed by atoms with E-state index in [2.05, 4.69) is 5.32 Å². The van der Waals surface area contributed by atoms with Gasteiger partial charge in [-0.05, 0) is 51.9 Å². The van der Waals surface area contributed by atoms with Crippen molar-refractivity contribution in [3.8, 4) is 5.75 Å². The van der Waals surface area contributed by atoms with Crippen LogP contribution < -0.4 is 10.1 Å². The number of benzene rings is 1. The highest BCUT2D eigenvalue weighted by Crippen LogP contribution is 2.22. The average Bonchev–Trinajstić information content (AvgIpc) is 2.35. The lowest BCUT2D eigenvalue weighted by Gasteiger charge is -2.34. The van der Waals surface area contributed by atoms with Gasteiger partial charge in [0.05, 0.1) is 12.7 Å². The molecule has 0 aliphatic carbocycles. The van der Waals surface area contributed by atoms with Crippen LogP contribution in [0.4, 0.5) is 4.39 Å². The molecule has 0 amide bonds. The van der Waals surface area contributed by atoms with Crippen LogP contribution in [0.15, 0.2) is 18.2 Å². The highest BCUT2D eigenvalue weighted by Gasteiger charge is 2.29. The molecule has 1 rings (SSSR count). The first-order valence-corrected chi connectivity index (χ1v) is 6.58. The summed E-state index contributed by atoms with van der Waals surface area (Å²) in [5.41, 5.74) is 0.616. The number of likely N-dealkylation sites (N-methyl/N-ethyl adjacent to an activating group) is 1. The van der Waals surface area contributed by atoms with Crippen LogP contribution in [0, 0.1) is 5.82 Å². The van der Waals surface area contributed by atoms with E-state index in [1.165, 1.54) is 13.2 Å². The lowest BCUT2D eigenvalue weighted by Crippen LogP contribution is -2.48. The maximum absolute atomic E-state index is 13.7. The molecule has 1 unspecified atom stereocenters. The van der Waals surface area contributed by atoms with Crippen molar-refractivity contribution < 1.29 is 13.9 Å². The van der Waals surface area contributed by atoms with E-state index < -0.39 is 0 Å². The molecule has 0 saturated heterocycles. The molecule has 0 radical (unpaired) electrons. The second kappa shape index (κ2) is 6.87. The van der Waals surface area contributed by atoms with Gasteiger partial charge in [0.15, 0.2) is 11.6 Å². The lowest BCUT2D eigenvalue weighted by molar-refractivity contribution is -0.0363. The molecule has 0 aliphatic heterocycles. The third-order valence-electron chi connectivity index (χ3n) is 3.36. The normalized spacial score (nSPS) is 13.4. The highest BCUT2D eigenvalue weighted by molar-refractivity contribution is 5.30.